The molecule has 4 N–H and O–H groups in total. The highest BCUT2D eigenvalue weighted by Crippen LogP contribution is 2.24. The highest BCUT2D eigenvalue weighted by molar-refractivity contribution is 7.85. The number of nitriles is 1. The fourth-order valence-corrected chi connectivity index (χ4v) is 4.04. The molecule has 1 saturated heterocycles. The van der Waals surface area contributed by atoms with E-state index in [0.717, 1.165) is 16.7 Å². The van der Waals surface area contributed by atoms with Gasteiger partial charge in [0.05, 0.1) is 11.8 Å². The molecular formula is C22H34N8OS. The lowest BCUT2D eigenvalue weighted by Gasteiger charge is -2.30. The van der Waals surface area contributed by atoms with Crippen LogP contribution in [0.15, 0.2) is 51.5 Å². The average Bonchev–Trinajstić information content (AvgIpc) is 2.84. The molecule has 2 heterocycles. The van der Waals surface area contributed by atoms with Gasteiger partial charge in [-0.25, -0.2) is 9.99 Å². The fourth-order valence-electron chi connectivity index (χ4n) is 2.96. The number of nitrogens with two attached hydrogens (primary N) is 2. The van der Waals surface area contributed by atoms with E-state index in [1.54, 1.807) is 25.5 Å². The van der Waals surface area contributed by atoms with E-state index in [-0.39, 0.29) is 5.84 Å². The van der Waals surface area contributed by atoms with Crippen LogP contribution in [-0.2, 0) is 10.8 Å². The Morgan fingerprint density at radius 2 is 1.97 bits per heavy atom. The number of nitrogens with zero attached hydrogens (tertiary/aromatic N) is 6. The molecule has 0 amide bonds. The van der Waals surface area contributed by atoms with Crippen molar-refractivity contribution in [1.29, 1.82) is 5.26 Å². The Balaban J connectivity index is 0.00000249. The summed E-state index contributed by atoms with van der Waals surface area (Å²) < 4.78 is 11.6. The first-order valence-corrected chi connectivity index (χ1v) is 11.9. The van der Waals surface area contributed by atoms with E-state index in [4.69, 9.17) is 11.5 Å². The molecule has 0 aromatic carbocycles. The second-order valence-corrected chi connectivity index (χ2v) is 8.51. The number of amidine groups is 1. The first-order chi connectivity index (χ1) is 15.3. The summed E-state index contributed by atoms with van der Waals surface area (Å²) in [5.41, 5.74) is 14.6. The number of aliphatic imine (C=N–C) groups is 1. The standard InChI is InChI=1S/C20H28N8OS.C2H6/c1-14(15(2)19(22)20(23)24-3)13-28(25-4)18-6-5-16(12-26-18)17(11-21)27-7-9-30(29)10-8-27;1-2/h5-6,12-13,17H,4,7-10,22H2,1-3H3,(H2,23,24);1-2H3/b14-13+,19-15-;. The van der Waals surface area contributed by atoms with E-state index in [0.29, 0.717) is 36.1 Å². The summed E-state index contributed by atoms with van der Waals surface area (Å²) >= 11 is 0. The number of rotatable bonds is 7. The lowest BCUT2D eigenvalue weighted by molar-refractivity contribution is 0.258. The fraction of sp³-hybridized carbons (Fsp3) is 0.455. The van der Waals surface area contributed by atoms with Crippen LogP contribution in [0.25, 0.3) is 0 Å². The third-order valence-corrected chi connectivity index (χ3v) is 6.28. The molecule has 174 valence electrons. The van der Waals surface area contributed by atoms with Crippen molar-refractivity contribution in [1.82, 2.24) is 9.88 Å². The zero-order chi connectivity index (χ0) is 24.3. The van der Waals surface area contributed by atoms with Gasteiger partial charge in [0.1, 0.15) is 11.9 Å². The predicted molar refractivity (Wildman–Crippen MR) is 134 cm³/mol. The Morgan fingerprint density at radius 1 is 1.34 bits per heavy atom. The van der Waals surface area contributed by atoms with Crippen LogP contribution in [0.5, 0.6) is 0 Å². The largest absolute Gasteiger partial charge is 0.396 e. The van der Waals surface area contributed by atoms with Gasteiger partial charge in [0.15, 0.2) is 5.82 Å². The molecule has 1 aromatic rings. The first-order valence-electron chi connectivity index (χ1n) is 10.4. The maximum absolute atomic E-state index is 11.6. The third-order valence-electron chi connectivity index (χ3n) is 5.00. The molecule has 2 rings (SSSR count). The molecule has 0 aliphatic carbocycles. The predicted octanol–water partition coefficient (Wildman–Crippen LogP) is 2.28. The highest BCUT2D eigenvalue weighted by atomic mass is 32.2. The summed E-state index contributed by atoms with van der Waals surface area (Å²) in [5.74, 6) is 1.99. The van der Waals surface area contributed by atoms with E-state index in [2.05, 4.69) is 27.9 Å². The van der Waals surface area contributed by atoms with Crippen molar-refractivity contribution in [2.75, 3.05) is 36.7 Å². The van der Waals surface area contributed by atoms with Crippen molar-refractivity contribution in [2.24, 2.45) is 21.6 Å². The number of hydrogen-bond donors (Lipinski definition) is 2. The van der Waals surface area contributed by atoms with E-state index in [1.165, 1.54) is 5.01 Å². The maximum atomic E-state index is 11.6. The summed E-state index contributed by atoms with van der Waals surface area (Å²) in [5, 5.41) is 15.2. The van der Waals surface area contributed by atoms with Crippen LogP contribution < -0.4 is 16.5 Å². The topological polar surface area (TPSA) is 137 Å². The Labute approximate surface area is 193 Å². The van der Waals surface area contributed by atoms with Crippen LogP contribution in [0.3, 0.4) is 0 Å². The molecule has 1 aliphatic rings. The molecule has 10 heteroatoms. The second kappa shape index (κ2) is 13.4. The Kier molecular flexibility index (Phi) is 11.3. The molecule has 1 aromatic heterocycles. The van der Waals surface area contributed by atoms with Gasteiger partial charge in [-0.1, -0.05) is 19.9 Å². The smallest absolute Gasteiger partial charge is 0.153 e. The third kappa shape index (κ3) is 7.00. The summed E-state index contributed by atoms with van der Waals surface area (Å²) in [4.78, 5) is 10.4. The normalized spacial score (nSPS) is 17.4. The zero-order valence-corrected chi connectivity index (χ0v) is 20.4. The minimum atomic E-state index is -0.791. The van der Waals surface area contributed by atoms with E-state index < -0.39 is 16.8 Å². The molecule has 9 nitrogen and oxygen atoms in total. The minimum Gasteiger partial charge on any atom is -0.396 e. The van der Waals surface area contributed by atoms with Crippen molar-refractivity contribution in [2.45, 2.75) is 33.7 Å². The molecule has 0 radical (unpaired) electrons. The number of allylic oxidation sites excluding steroid dienone is 2. The SMILES string of the molecule is C=NN(/C=C(C)/C(C)=C(\N)C(N)=NC)c1ccc(C(C#N)N2CCS(=O)CC2)cn1.CC. The molecular weight excluding hydrogens is 424 g/mol. The number of hydrogen-bond acceptors (Lipinski definition) is 8. The molecule has 1 fully saturated rings. The maximum Gasteiger partial charge on any atom is 0.153 e. The van der Waals surface area contributed by atoms with Crippen LogP contribution in [0.2, 0.25) is 0 Å². The Hall–Kier alpha value is -3.03. The van der Waals surface area contributed by atoms with Crippen molar-refractivity contribution in [3.05, 3.63) is 46.9 Å². The van der Waals surface area contributed by atoms with Crippen molar-refractivity contribution < 1.29 is 4.21 Å². The molecule has 1 unspecified atom stereocenters. The van der Waals surface area contributed by atoms with Gasteiger partial charge in [-0.05, 0) is 31.1 Å². The molecule has 32 heavy (non-hydrogen) atoms. The van der Waals surface area contributed by atoms with Crippen LogP contribution in [0.4, 0.5) is 5.82 Å². The van der Waals surface area contributed by atoms with Gasteiger partial charge in [0.2, 0.25) is 0 Å². The molecule has 1 aliphatic heterocycles. The lowest BCUT2D eigenvalue weighted by Crippen LogP contribution is -2.39. The van der Waals surface area contributed by atoms with Gasteiger partial charge in [0, 0.05) is 67.1 Å². The highest BCUT2D eigenvalue weighted by Gasteiger charge is 2.24. The van der Waals surface area contributed by atoms with E-state index >= 15 is 0 Å². The van der Waals surface area contributed by atoms with Gasteiger partial charge in [0.25, 0.3) is 0 Å². The van der Waals surface area contributed by atoms with Gasteiger partial charge >= 0.3 is 0 Å². The van der Waals surface area contributed by atoms with Crippen molar-refractivity contribution in [3.63, 3.8) is 0 Å². The van der Waals surface area contributed by atoms with Crippen LogP contribution in [0.1, 0.15) is 39.3 Å². The number of hydrazone groups is 1. The summed E-state index contributed by atoms with van der Waals surface area (Å²) in [6, 6.07) is 5.53. The summed E-state index contributed by atoms with van der Waals surface area (Å²) in [7, 11) is 0.788. The number of pyridine rings is 1. The van der Waals surface area contributed by atoms with Gasteiger partial charge < -0.3 is 11.5 Å². The monoisotopic (exact) mass is 458 g/mol. The number of aromatic nitrogens is 1. The molecule has 1 atom stereocenters. The van der Waals surface area contributed by atoms with Crippen molar-refractivity contribution >= 4 is 29.2 Å². The summed E-state index contributed by atoms with van der Waals surface area (Å²) in [6.45, 7) is 12.6. The molecule has 0 spiro atoms. The van der Waals surface area contributed by atoms with Gasteiger partial charge in [-0.2, -0.15) is 10.4 Å². The van der Waals surface area contributed by atoms with Gasteiger partial charge in [-0.15, -0.1) is 0 Å². The Bertz CT molecular complexity index is 920. The van der Waals surface area contributed by atoms with E-state index in [9.17, 15) is 9.47 Å². The van der Waals surface area contributed by atoms with Gasteiger partial charge in [-0.3, -0.25) is 14.1 Å². The second-order valence-electron chi connectivity index (χ2n) is 6.81. The lowest BCUT2D eigenvalue weighted by atomic mass is 10.1. The quantitative estimate of drug-likeness (QED) is 0.277. The first kappa shape index (κ1) is 27.0. The molecule has 0 bridgehead atoms. The minimum absolute atomic E-state index is 0.268. The van der Waals surface area contributed by atoms with Crippen molar-refractivity contribution in [3.8, 4) is 6.07 Å². The van der Waals surface area contributed by atoms with Crippen LogP contribution in [-0.4, -0.2) is 58.3 Å². The Morgan fingerprint density at radius 3 is 2.44 bits per heavy atom. The van der Waals surface area contributed by atoms with E-state index in [1.807, 2.05) is 38.7 Å². The van der Waals surface area contributed by atoms with Crippen LogP contribution >= 0.6 is 0 Å². The van der Waals surface area contributed by atoms with Crippen LogP contribution in [0, 0.1) is 11.3 Å². The average molecular weight is 459 g/mol. The molecule has 0 saturated carbocycles. The summed E-state index contributed by atoms with van der Waals surface area (Å²) in [6.07, 6.45) is 3.41. The zero-order valence-electron chi connectivity index (χ0n) is 19.6. The number of anilines is 1.